The summed E-state index contributed by atoms with van der Waals surface area (Å²) < 4.78 is 16.8. The van der Waals surface area contributed by atoms with E-state index in [0.29, 0.717) is 19.3 Å². The van der Waals surface area contributed by atoms with Gasteiger partial charge in [-0.1, -0.05) is 306 Å². The molecule has 0 aromatic rings. The number of unbranched alkanes of at least 4 members (excludes halogenated alkanes) is 38. The van der Waals surface area contributed by atoms with Crippen LogP contribution < -0.4 is 0 Å². The second-order valence-corrected chi connectivity index (χ2v) is 22.4. The van der Waals surface area contributed by atoms with E-state index < -0.39 is 6.10 Å². The van der Waals surface area contributed by atoms with Gasteiger partial charge >= 0.3 is 17.9 Å². The van der Waals surface area contributed by atoms with Crippen LogP contribution in [0.2, 0.25) is 0 Å². The van der Waals surface area contributed by atoms with Gasteiger partial charge in [0.25, 0.3) is 0 Å². The minimum atomic E-state index is -0.784. The van der Waals surface area contributed by atoms with Gasteiger partial charge in [0.05, 0.1) is 0 Å². The van der Waals surface area contributed by atoms with E-state index in [2.05, 4.69) is 93.7 Å². The number of carbonyl (C=O) groups excluding carboxylic acids is 3. The number of esters is 3. The lowest BCUT2D eigenvalue weighted by atomic mass is 10.0. The molecule has 0 amide bonds. The lowest BCUT2D eigenvalue weighted by Crippen LogP contribution is -2.30. The molecule has 1 atom stereocenters. The zero-order chi connectivity index (χ0) is 55.7. The molecule has 0 aliphatic carbocycles. The van der Waals surface area contributed by atoms with Crippen LogP contribution in [0.15, 0.2) is 72.9 Å². The van der Waals surface area contributed by atoms with Crippen LogP contribution in [-0.4, -0.2) is 37.2 Å². The highest BCUT2D eigenvalue weighted by Crippen LogP contribution is 2.17. The topological polar surface area (TPSA) is 78.9 Å². The number of hydrogen-bond donors (Lipinski definition) is 0. The van der Waals surface area contributed by atoms with Crippen molar-refractivity contribution in [3.8, 4) is 0 Å². The summed E-state index contributed by atoms with van der Waals surface area (Å²) in [6.07, 6.45) is 85.4. The summed E-state index contributed by atoms with van der Waals surface area (Å²) in [5, 5.41) is 0. The van der Waals surface area contributed by atoms with Crippen LogP contribution in [0.25, 0.3) is 0 Å². The summed E-state index contributed by atoms with van der Waals surface area (Å²) in [5.41, 5.74) is 0. The number of rotatable bonds is 61. The fourth-order valence-electron chi connectivity index (χ4n) is 9.70. The van der Waals surface area contributed by atoms with Crippen molar-refractivity contribution in [2.45, 2.75) is 348 Å². The molecule has 0 bridgehead atoms. The van der Waals surface area contributed by atoms with Crippen LogP contribution in [-0.2, 0) is 28.6 Å². The molecule has 0 saturated heterocycles. The van der Waals surface area contributed by atoms with Gasteiger partial charge in [0.1, 0.15) is 13.2 Å². The van der Waals surface area contributed by atoms with Crippen LogP contribution in [0.4, 0.5) is 0 Å². The summed E-state index contributed by atoms with van der Waals surface area (Å²) in [5.74, 6) is -0.899. The van der Waals surface area contributed by atoms with Crippen LogP contribution in [0.3, 0.4) is 0 Å². The van der Waals surface area contributed by atoms with E-state index in [-0.39, 0.29) is 31.1 Å². The minimum absolute atomic E-state index is 0.0816. The van der Waals surface area contributed by atoms with Crippen molar-refractivity contribution < 1.29 is 28.6 Å². The van der Waals surface area contributed by atoms with Crippen LogP contribution in [0, 0.1) is 0 Å². The van der Waals surface area contributed by atoms with Gasteiger partial charge in [-0.3, -0.25) is 14.4 Å². The van der Waals surface area contributed by atoms with E-state index in [1.165, 1.54) is 199 Å². The number of ether oxygens (including phenoxy) is 3. The van der Waals surface area contributed by atoms with Crippen molar-refractivity contribution in [1.82, 2.24) is 0 Å². The third-order valence-electron chi connectivity index (χ3n) is 14.7. The lowest BCUT2D eigenvalue weighted by molar-refractivity contribution is -0.167. The fraction of sp³-hybridized carbons (Fsp3) is 0.789. The largest absolute Gasteiger partial charge is 0.462 e. The predicted octanol–water partition coefficient (Wildman–Crippen LogP) is 22.9. The van der Waals surface area contributed by atoms with Crippen LogP contribution in [0.5, 0.6) is 0 Å². The van der Waals surface area contributed by atoms with E-state index >= 15 is 0 Å². The smallest absolute Gasteiger partial charge is 0.306 e. The van der Waals surface area contributed by atoms with Gasteiger partial charge in [0.15, 0.2) is 6.10 Å². The molecule has 0 aliphatic rings. The lowest BCUT2D eigenvalue weighted by Gasteiger charge is -2.18. The van der Waals surface area contributed by atoms with Gasteiger partial charge in [-0.15, -0.1) is 0 Å². The number of allylic oxidation sites excluding steroid dienone is 12. The molecular weight excluding hydrogens is 949 g/mol. The number of carbonyl (C=O) groups is 3. The van der Waals surface area contributed by atoms with E-state index in [4.69, 9.17) is 14.2 Å². The molecule has 0 radical (unpaired) electrons. The highest BCUT2D eigenvalue weighted by atomic mass is 16.6. The summed E-state index contributed by atoms with van der Waals surface area (Å²) in [6.45, 7) is 6.48. The van der Waals surface area contributed by atoms with Gasteiger partial charge in [-0.25, -0.2) is 0 Å². The minimum Gasteiger partial charge on any atom is -0.462 e. The second-order valence-electron chi connectivity index (χ2n) is 22.4. The molecule has 0 fully saturated rings. The first-order valence-electron chi connectivity index (χ1n) is 33.4. The average molecular weight is 1080 g/mol. The average Bonchev–Trinajstić information content (AvgIpc) is 3.43. The Bertz CT molecular complexity index is 1420. The Balaban J connectivity index is 3.97. The Kier molecular flexibility index (Phi) is 62.7. The zero-order valence-electron chi connectivity index (χ0n) is 51.2. The molecule has 446 valence electrons. The summed E-state index contributed by atoms with van der Waals surface area (Å²) in [7, 11) is 0. The predicted molar refractivity (Wildman–Crippen MR) is 335 cm³/mol. The molecule has 1 unspecified atom stereocenters. The Morgan fingerprint density at radius 3 is 0.792 bits per heavy atom. The van der Waals surface area contributed by atoms with E-state index in [0.717, 1.165) is 103 Å². The first-order valence-corrected chi connectivity index (χ1v) is 33.4. The highest BCUT2D eigenvalue weighted by molar-refractivity contribution is 5.71. The van der Waals surface area contributed by atoms with Crippen molar-refractivity contribution >= 4 is 17.9 Å². The van der Waals surface area contributed by atoms with Gasteiger partial charge in [0.2, 0.25) is 0 Å². The molecule has 6 nitrogen and oxygen atoms in total. The molecule has 77 heavy (non-hydrogen) atoms. The van der Waals surface area contributed by atoms with Crippen molar-refractivity contribution in [1.29, 1.82) is 0 Å². The summed E-state index contributed by atoms with van der Waals surface area (Å²) >= 11 is 0. The molecular formula is C71H126O6. The van der Waals surface area contributed by atoms with E-state index in [9.17, 15) is 14.4 Å². The maximum Gasteiger partial charge on any atom is 0.306 e. The van der Waals surface area contributed by atoms with Crippen molar-refractivity contribution in [3.05, 3.63) is 72.9 Å². The Labute approximate surface area is 478 Å². The van der Waals surface area contributed by atoms with Crippen molar-refractivity contribution in [2.75, 3.05) is 13.2 Å². The Morgan fingerprint density at radius 2 is 0.506 bits per heavy atom. The highest BCUT2D eigenvalue weighted by Gasteiger charge is 2.19. The summed E-state index contributed by atoms with van der Waals surface area (Å²) in [4.78, 5) is 38.0. The summed E-state index contributed by atoms with van der Waals surface area (Å²) in [6, 6.07) is 0. The molecule has 0 aromatic heterocycles. The standard InChI is InChI=1S/C71H126O6/c1-4-7-10-13-16-18-20-22-24-26-27-28-29-30-31-32-33-34-35-36-37-38-39-40-41-42-43-45-46-48-50-52-55-58-61-64-70(73)76-67-68(66-75-69(72)63-60-57-54-15-12-9-6-3)77-71(74)65-62-59-56-53-51-49-47-44-25-23-21-19-17-14-11-8-5-2/h8,11,17,19-20,22-23,25-27,47,49,68H,4-7,9-10,12-16,18,21,24,28-46,48,50-67H2,1-3H3/b11-8-,19-17-,22-20-,25-23-,27-26-,49-47-. The zero-order valence-corrected chi connectivity index (χ0v) is 51.2. The third kappa shape index (κ3) is 63.6. The first-order chi connectivity index (χ1) is 38.0. The van der Waals surface area contributed by atoms with Gasteiger partial charge < -0.3 is 14.2 Å². The molecule has 0 aromatic carbocycles. The normalized spacial score (nSPS) is 12.5. The van der Waals surface area contributed by atoms with E-state index in [1.54, 1.807) is 0 Å². The van der Waals surface area contributed by atoms with Gasteiger partial charge in [-0.05, 0) is 89.9 Å². The molecule has 0 aliphatic heterocycles. The molecule has 0 rings (SSSR count). The molecule has 0 N–H and O–H groups in total. The molecule has 0 heterocycles. The van der Waals surface area contributed by atoms with Gasteiger partial charge in [-0.2, -0.15) is 0 Å². The second kappa shape index (κ2) is 65.4. The first kappa shape index (κ1) is 73.8. The SMILES string of the molecule is CC/C=C\C/C=C\C/C=C\C/C=C\CCCCCCC(=O)OC(COC(=O)CCCCCCCCC)COC(=O)CCCCCCCCCCCCCCCCCCCCCCCCC/C=C\C/C=C\CCCCCCC. The molecule has 6 heteroatoms. The van der Waals surface area contributed by atoms with Crippen molar-refractivity contribution in [3.63, 3.8) is 0 Å². The fourth-order valence-corrected chi connectivity index (χ4v) is 9.70. The molecule has 0 saturated carbocycles. The maximum absolute atomic E-state index is 12.8. The van der Waals surface area contributed by atoms with Crippen LogP contribution in [0.1, 0.15) is 342 Å². The van der Waals surface area contributed by atoms with Crippen LogP contribution >= 0.6 is 0 Å². The van der Waals surface area contributed by atoms with Gasteiger partial charge in [0, 0.05) is 19.3 Å². The Morgan fingerprint density at radius 1 is 0.273 bits per heavy atom. The van der Waals surface area contributed by atoms with E-state index in [1.807, 2.05) is 0 Å². The number of hydrogen-bond acceptors (Lipinski definition) is 6. The maximum atomic E-state index is 12.8. The monoisotopic (exact) mass is 1070 g/mol. The van der Waals surface area contributed by atoms with Crippen molar-refractivity contribution in [2.24, 2.45) is 0 Å². The molecule has 0 spiro atoms. The Hall–Kier alpha value is -3.15. The third-order valence-corrected chi connectivity index (χ3v) is 14.7. The quantitative estimate of drug-likeness (QED) is 0.0261.